The summed E-state index contributed by atoms with van der Waals surface area (Å²) in [6.45, 7) is 4.40. The van der Waals surface area contributed by atoms with Crippen LogP contribution in [-0.4, -0.2) is 11.9 Å². The lowest BCUT2D eigenvalue weighted by atomic mass is 9.73. The summed E-state index contributed by atoms with van der Waals surface area (Å²) in [6, 6.07) is 1.82. The first-order valence-electron chi connectivity index (χ1n) is 6.04. The molecule has 1 aliphatic rings. The SMILES string of the molecule is CC1(C)CCCCC1NC(=O)c1ccoc1Cl. The van der Waals surface area contributed by atoms with E-state index in [9.17, 15) is 4.79 Å². The van der Waals surface area contributed by atoms with Crippen LogP contribution in [0.4, 0.5) is 0 Å². The normalized spacial score (nSPS) is 23.4. The van der Waals surface area contributed by atoms with Gasteiger partial charge in [-0.3, -0.25) is 4.79 Å². The highest BCUT2D eigenvalue weighted by Crippen LogP contribution is 2.35. The minimum Gasteiger partial charge on any atom is -0.452 e. The molecule has 0 aliphatic heterocycles. The van der Waals surface area contributed by atoms with Gasteiger partial charge in [-0.2, -0.15) is 0 Å². The zero-order valence-electron chi connectivity index (χ0n) is 10.3. The van der Waals surface area contributed by atoms with E-state index in [0.29, 0.717) is 5.56 Å². The molecule has 0 saturated heterocycles. The maximum Gasteiger partial charge on any atom is 0.256 e. The third kappa shape index (κ3) is 2.65. The zero-order valence-corrected chi connectivity index (χ0v) is 11.0. The maximum absolute atomic E-state index is 12.0. The predicted octanol–water partition coefficient (Wildman–Crippen LogP) is 3.63. The zero-order chi connectivity index (χ0) is 12.5. The smallest absolute Gasteiger partial charge is 0.256 e. The van der Waals surface area contributed by atoms with Crippen LogP contribution in [0.3, 0.4) is 0 Å². The molecule has 0 aromatic carbocycles. The maximum atomic E-state index is 12.0. The van der Waals surface area contributed by atoms with Gasteiger partial charge in [-0.25, -0.2) is 0 Å². The van der Waals surface area contributed by atoms with Gasteiger partial charge in [0.2, 0.25) is 5.22 Å². The van der Waals surface area contributed by atoms with Crippen molar-refractivity contribution >= 4 is 17.5 Å². The van der Waals surface area contributed by atoms with E-state index in [2.05, 4.69) is 19.2 Å². The number of carbonyl (C=O) groups is 1. The highest BCUT2D eigenvalue weighted by molar-refractivity contribution is 6.32. The van der Waals surface area contributed by atoms with Gasteiger partial charge in [0.15, 0.2) is 0 Å². The molecule has 2 rings (SSSR count). The lowest BCUT2D eigenvalue weighted by Crippen LogP contribution is -2.46. The Kier molecular flexibility index (Phi) is 3.48. The first-order valence-corrected chi connectivity index (χ1v) is 6.42. The average Bonchev–Trinajstić information content (AvgIpc) is 2.67. The van der Waals surface area contributed by atoms with E-state index in [1.165, 1.54) is 19.1 Å². The molecule has 4 heteroatoms. The molecular weight excluding hydrogens is 238 g/mol. The second kappa shape index (κ2) is 4.73. The summed E-state index contributed by atoms with van der Waals surface area (Å²) in [7, 11) is 0. The summed E-state index contributed by atoms with van der Waals surface area (Å²) >= 11 is 5.80. The fraction of sp³-hybridized carbons (Fsp3) is 0.615. The molecule has 1 aromatic rings. The Hall–Kier alpha value is -0.960. The van der Waals surface area contributed by atoms with Crippen LogP contribution in [0.25, 0.3) is 0 Å². The van der Waals surface area contributed by atoms with Crippen molar-refractivity contribution in [2.75, 3.05) is 0 Å². The Bertz CT molecular complexity index is 411. The summed E-state index contributed by atoms with van der Waals surface area (Å²) in [5, 5.41) is 3.23. The fourth-order valence-corrected chi connectivity index (χ4v) is 2.65. The van der Waals surface area contributed by atoms with Crippen LogP contribution in [0.5, 0.6) is 0 Å². The van der Waals surface area contributed by atoms with Crippen LogP contribution in [0.15, 0.2) is 16.7 Å². The molecule has 1 amide bonds. The monoisotopic (exact) mass is 255 g/mol. The van der Waals surface area contributed by atoms with Crippen LogP contribution in [0.2, 0.25) is 5.22 Å². The molecule has 1 fully saturated rings. The number of nitrogens with one attached hydrogen (secondary N) is 1. The lowest BCUT2D eigenvalue weighted by Gasteiger charge is -2.38. The van der Waals surface area contributed by atoms with Crippen LogP contribution in [-0.2, 0) is 0 Å². The molecule has 17 heavy (non-hydrogen) atoms. The number of hydrogen-bond acceptors (Lipinski definition) is 2. The fourth-order valence-electron chi connectivity index (χ4n) is 2.45. The molecule has 1 aliphatic carbocycles. The van der Waals surface area contributed by atoms with Crippen molar-refractivity contribution in [1.29, 1.82) is 0 Å². The van der Waals surface area contributed by atoms with Crippen LogP contribution in [0, 0.1) is 5.41 Å². The van der Waals surface area contributed by atoms with Gasteiger partial charge in [0.1, 0.15) is 0 Å². The number of furan rings is 1. The Balaban J connectivity index is 2.06. The third-order valence-corrected chi connectivity index (χ3v) is 3.97. The summed E-state index contributed by atoms with van der Waals surface area (Å²) in [6.07, 6.45) is 6.04. The Labute approximate surface area is 107 Å². The summed E-state index contributed by atoms with van der Waals surface area (Å²) < 4.78 is 4.93. The number of hydrogen-bond donors (Lipinski definition) is 1. The highest BCUT2D eigenvalue weighted by atomic mass is 35.5. The van der Waals surface area contributed by atoms with Crippen molar-refractivity contribution in [2.24, 2.45) is 5.41 Å². The van der Waals surface area contributed by atoms with Gasteiger partial charge >= 0.3 is 0 Å². The second-order valence-electron chi connectivity index (χ2n) is 5.37. The number of rotatable bonds is 2. The Morgan fingerprint density at radius 1 is 1.53 bits per heavy atom. The van der Waals surface area contributed by atoms with Crippen molar-refractivity contribution < 1.29 is 9.21 Å². The van der Waals surface area contributed by atoms with Gasteiger partial charge in [-0.05, 0) is 35.9 Å². The molecule has 1 heterocycles. The highest BCUT2D eigenvalue weighted by Gasteiger charge is 2.33. The first kappa shape index (κ1) is 12.5. The van der Waals surface area contributed by atoms with Crippen molar-refractivity contribution in [3.63, 3.8) is 0 Å². The quantitative estimate of drug-likeness (QED) is 0.877. The molecule has 1 N–H and O–H groups in total. The number of halogens is 1. The number of amides is 1. The Morgan fingerprint density at radius 3 is 2.88 bits per heavy atom. The largest absolute Gasteiger partial charge is 0.452 e. The van der Waals surface area contributed by atoms with Gasteiger partial charge in [-0.15, -0.1) is 0 Å². The molecule has 0 radical (unpaired) electrons. The van der Waals surface area contributed by atoms with E-state index < -0.39 is 0 Å². The topological polar surface area (TPSA) is 42.2 Å². The van der Waals surface area contributed by atoms with Crippen molar-refractivity contribution in [3.8, 4) is 0 Å². The van der Waals surface area contributed by atoms with Crippen LogP contribution in [0.1, 0.15) is 49.9 Å². The molecule has 1 aromatic heterocycles. The molecule has 94 valence electrons. The van der Waals surface area contributed by atoms with E-state index in [1.807, 2.05) is 0 Å². The van der Waals surface area contributed by atoms with Gasteiger partial charge in [-0.1, -0.05) is 26.7 Å². The Morgan fingerprint density at radius 2 is 2.29 bits per heavy atom. The van der Waals surface area contributed by atoms with E-state index in [4.69, 9.17) is 16.0 Å². The van der Waals surface area contributed by atoms with Gasteiger partial charge < -0.3 is 9.73 Å². The van der Waals surface area contributed by atoms with Gasteiger partial charge in [0.05, 0.1) is 11.8 Å². The van der Waals surface area contributed by atoms with E-state index >= 15 is 0 Å². The molecule has 1 unspecified atom stereocenters. The van der Waals surface area contributed by atoms with Gasteiger partial charge in [0.25, 0.3) is 5.91 Å². The van der Waals surface area contributed by atoms with E-state index in [0.717, 1.165) is 12.8 Å². The van der Waals surface area contributed by atoms with Crippen LogP contribution >= 0.6 is 11.6 Å². The molecule has 3 nitrogen and oxygen atoms in total. The molecule has 1 atom stereocenters. The van der Waals surface area contributed by atoms with Crippen LogP contribution < -0.4 is 5.32 Å². The molecule has 0 spiro atoms. The summed E-state index contributed by atoms with van der Waals surface area (Å²) in [4.78, 5) is 12.0. The minimum absolute atomic E-state index is 0.135. The van der Waals surface area contributed by atoms with E-state index in [-0.39, 0.29) is 22.6 Å². The predicted molar refractivity (Wildman–Crippen MR) is 67.2 cm³/mol. The van der Waals surface area contributed by atoms with Gasteiger partial charge in [0, 0.05) is 6.04 Å². The average molecular weight is 256 g/mol. The lowest BCUT2D eigenvalue weighted by molar-refractivity contribution is 0.0853. The standard InChI is InChI=1S/C13H18ClNO2/c1-13(2)7-4-3-5-10(13)15-12(16)9-6-8-17-11(9)14/h6,8,10H,3-5,7H2,1-2H3,(H,15,16). The van der Waals surface area contributed by atoms with Crippen molar-refractivity contribution in [3.05, 3.63) is 23.1 Å². The van der Waals surface area contributed by atoms with Crippen molar-refractivity contribution in [1.82, 2.24) is 5.32 Å². The number of carbonyl (C=O) groups excluding carboxylic acids is 1. The molecular formula is C13H18ClNO2. The van der Waals surface area contributed by atoms with E-state index in [1.54, 1.807) is 6.07 Å². The third-order valence-electron chi connectivity index (χ3n) is 3.68. The molecule has 1 saturated carbocycles. The minimum atomic E-state index is -0.135. The second-order valence-corrected chi connectivity index (χ2v) is 5.71. The summed E-state index contributed by atoms with van der Waals surface area (Å²) in [5.41, 5.74) is 0.581. The van der Waals surface area contributed by atoms with Crippen molar-refractivity contribution in [2.45, 2.75) is 45.6 Å². The first-order chi connectivity index (χ1) is 8.00. The molecule has 0 bridgehead atoms. The summed E-state index contributed by atoms with van der Waals surface area (Å²) in [5.74, 6) is -0.135.